The summed E-state index contributed by atoms with van der Waals surface area (Å²) in [5, 5.41) is 2.40. The van der Waals surface area contributed by atoms with Crippen LogP contribution in [0.1, 0.15) is 0 Å². The lowest BCUT2D eigenvalue weighted by atomic mass is 10.1. The molecule has 0 N–H and O–H groups in total. The molecule has 57 heavy (non-hydrogen) atoms. The van der Waals surface area contributed by atoms with Crippen molar-refractivity contribution in [1.82, 2.24) is 42.4 Å². The predicted octanol–water partition coefficient (Wildman–Crippen LogP) is 10.7. The Morgan fingerprint density at radius 1 is 0.333 bits per heavy atom. The van der Waals surface area contributed by atoms with Crippen LogP contribution in [0.4, 0.5) is 0 Å². The minimum Gasteiger partial charge on any atom is -0.309 e. The molecule has 0 aliphatic heterocycles. The maximum Gasteiger partial charge on any atom is 0.239 e. The summed E-state index contributed by atoms with van der Waals surface area (Å²) in [6.07, 6.45) is 0. The predicted molar refractivity (Wildman–Crippen MR) is 228 cm³/mol. The zero-order valence-electron chi connectivity index (χ0n) is 30.3. The van der Waals surface area contributed by atoms with Crippen molar-refractivity contribution < 1.29 is 0 Å². The van der Waals surface area contributed by atoms with Gasteiger partial charge in [-0.2, -0.15) is 4.98 Å². The van der Waals surface area contributed by atoms with Crippen molar-refractivity contribution in [2.45, 2.75) is 0 Å². The summed E-state index contributed by atoms with van der Waals surface area (Å²) in [5.41, 5.74) is 12.9. The summed E-state index contributed by atoms with van der Waals surface area (Å²) in [5.74, 6) is 2.72. The number of benzene rings is 7. The van der Waals surface area contributed by atoms with Crippen LogP contribution in [0.5, 0.6) is 0 Å². The van der Waals surface area contributed by atoms with E-state index < -0.39 is 0 Å². The summed E-state index contributed by atoms with van der Waals surface area (Å²) in [7, 11) is 0. The van der Waals surface area contributed by atoms with E-state index in [-0.39, 0.29) is 0 Å². The maximum atomic E-state index is 5.50. The Kier molecular flexibility index (Phi) is 5.98. The number of aromatic nitrogens is 9. The molecule has 9 heteroatoms. The van der Waals surface area contributed by atoms with Gasteiger partial charge in [0.05, 0.1) is 66.5 Å². The van der Waals surface area contributed by atoms with E-state index in [0.717, 1.165) is 83.7 Å². The molecule has 0 bridgehead atoms. The van der Waals surface area contributed by atoms with Crippen LogP contribution >= 0.6 is 0 Å². The second-order valence-electron chi connectivity index (χ2n) is 14.4. The molecule has 0 unspecified atom stereocenters. The maximum absolute atomic E-state index is 5.50. The lowest BCUT2D eigenvalue weighted by Crippen LogP contribution is -2.09. The fraction of sp³-hybridized carbons (Fsp3) is 0. The molecule has 13 rings (SSSR count). The second kappa shape index (κ2) is 11.2. The normalized spacial score (nSPS) is 12.2. The van der Waals surface area contributed by atoms with E-state index >= 15 is 0 Å². The van der Waals surface area contributed by atoms with Crippen LogP contribution in [0.15, 0.2) is 176 Å². The zero-order chi connectivity index (χ0) is 37.2. The van der Waals surface area contributed by atoms with Gasteiger partial charge in [0.25, 0.3) is 0 Å². The van der Waals surface area contributed by atoms with Gasteiger partial charge in [-0.05, 0) is 66.7 Å². The van der Waals surface area contributed by atoms with Crippen molar-refractivity contribution in [3.8, 4) is 28.7 Å². The van der Waals surface area contributed by atoms with Crippen LogP contribution in [-0.2, 0) is 0 Å². The van der Waals surface area contributed by atoms with Crippen LogP contribution in [0.3, 0.4) is 0 Å². The molecule has 266 valence electrons. The molecule has 7 aromatic carbocycles. The van der Waals surface area contributed by atoms with Crippen molar-refractivity contribution in [3.05, 3.63) is 176 Å². The topological polar surface area (TPSA) is 75.2 Å². The Morgan fingerprint density at radius 2 is 0.789 bits per heavy atom. The Balaban J connectivity index is 1.17. The van der Waals surface area contributed by atoms with Gasteiger partial charge in [0.2, 0.25) is 17.5 Å². The Bertz CT molecular complexity index is 3560. The summed E-state index contributed by atoms with van der Waals surface area (Å²) >= 11 is 0. The summed E-state index contributed by atoms with van der Waals surface area (Å²) in [6.45, 7) is 0. The molecule has 0 fully saturated rings. The summed E-state index contributed by atoms with van der Waals surface area (Å²) in [4.78, 5) is 21.4. The van der Waals surface area contributed by atoms with Crippen LogP contribution in [0.2, 0.25) is 0 Å². The van der Waals surface area contributed by atoms with E-state index in [1.165, 1.54) is 10.8 Å². The van der Waals surface area contributed by atoms with Gasteiger partial charge >= 0.3 is 0 Å². The van der Waals surface area contributed by atoms with Gasteiger partial charge in [0, 0.05) is 22.4 Å². The molecular formula is C48H29N9. The molecule has 6 aromatic heterocycles. The smallest absolute Gasteiger partial charge is 0.239 e. The summed E-state index contributed by atoms with van der Waals surface area (Å²) in [6, 6.07) is 61.2. The van der Waals surface area contributed by atoms with E-state index in [2.05, 4.69) is 186 Å². The monoisotopic (exact) mass is 731 g/mol. The van der Waals surface area contributed by atoms with Gasteiger partial charge in [-0.15, -0.1) is 0 Å². The minimum atomic E-state index is 0.507. The van der Waals surface area contributed by atoms with E-state index in [1.807, 2.05) is 12.1 Å². The molecule has 6 heterocycles. The van der Waals surface area contributed by atoms with Crippen LogP contribution in [0, 0.1) is 0 Å². The van der Waals surface area contributed by atoms with Gasteiger partial charge in [-0.1, -0.05) is 103 Å². The van der Waals surface area contributed by atoms with E-state index in [9.17, 15) is 0 Å². The first-order valence-corrected chi connectivity index (χ1v) is 19.0. The average molecular weight is 732 g/mol. The molecule has 0 saturated carbocycles. The van der Waals surface area contributed by atoms with Crippen molar-refractivity contribution in [1.29, 1.82) is 0 Å². The molecule has 13 aromatic rings. The van der Waals surface area contributed by atoms with E-state index in [4.69, 9.17) is 19.9 Å². The third kappa shape index (κ3) is 4.11. The van der Waals surface area contributed by atoms with Crippen LogP contribution in [0.25, 0.3) is 106 Å². The van der Waals surface area contributed by atoms with Gasteiger partial charge in [-0.3, -0.25) is 13.4 Å². The number of imidazole rings is 4. The third-order valence-corrected chi connectivity index (χ3v) is 11.3. The first kappa shape index (κ1) is 30.3. The molecule has 0 atom stereocenters. The van der Waals surface area contributed by atoms with Crippen LogP contribution < -0.4 is 0 Å². The Morgan fingerprint density at radius 3 is 1.40 bits per heavy atom. The first-order valence-electron chi connectivity index (χ1n) is 19.0. The number of hydrogen-bond donors (Lipinski definition) is 0. The van der Waals surface area contributed by atoms with Gasteiger partial charge < -0.3 is 4.57 Å². The molecule has 0 amide bonds. The molecule has 0 aliphatic rings. The lowest BCUT2D eigenvalue weighted by molar-refractivity contribution is 0.930. The van der Waals surface area contributed by atoms with Crippen molar-refractivity contribution in [2.75, 3.05) is 0 Å². The van der Waals surface area contributed by atoms with E-state index in [1.54, 1.807) is 0 Å². The highest BCUT2D eigenvalue weighted by molar-refractivity contribution is 6.09. The van der Waals surface area contributed by atoms with Gasteiger partial charge in [0.15, 0.2) is 0 Å². The first-order chi connectivity index (χ1) is 28.3. The zero-order valence-corrected chi connectivity index (χ0v) is 30.3. The largest absolute Gasteiger partial charge is 0.309 e. The Labute approximate surface area is 323 Å². The highest BCUT2D eigenvalue weighted by atomic mass is 15.3. The third-order valence-electron chi connectivity index (χ3n) is 11.3. The fourth-order valence-electron chi connectivity index (χ4n) is 8.97. The number of nitrogens with zero attached hydrogens (tertiary/aromatic N) is 9. The minimum absolute atomic E-state index is 0.507. The second-order valence-corrected chi connectivity index (χ2v) is 14.4. The average Bonchev–Trinajstić information content (AvgIpc) is 4.06. The molecule has 0 aliphatic carbocycles. The molecular weight excluding hydrogens is 703 g/mol. The molecule has 0 radical (unpaired) electrons. The highest BCUT2D eigenvalue weighted by Crippen LogP contribution is 2.38. The number of rotatable bonds is 4. The Hall–Kier alpha value is -8.04. The number of hydrogen-bond acceptors (Lipinski definition) is 4. The summed E-state index contributed by atoms with van der Waals surface area (Å²) < 4.78 is 11.0. The van der Waals surface area contributed by atoms with Crippen molar-refractivity contribution in [2.24, 2.45) is 0 Å². The van der Waals surface area contributed by atoms with Crippen molar-refractivity contribution in [3.63, 3.8) is 0 Å². The standard InChI is InChI=1S/C48H29N9/c1-6-20-36-30(15-1)31-16-2-7-21-37(31)53(36)38-22-8-3-17-32(38)35-29-45(56-43-27-13-11-25-41(43)54-39-23-9-4-18-33(39)50-47(54)56)52-46(49-35)57-44-28-14-12-26-42(44)55-40-24-10-5-19-34(40)51-48(55)57/h1-29H. The quantitative estimate of drug-likeness (QED) is 0.181. The SMILES string of the molecule is c1ccc(-n2c3ccccc3c3ccccc32)c(-c2cc(-n3c4ccccc4n4c5ccccc5nc34)nc(-n3c4ccccc4n4c5ccccc5nc34)n2)c1. The number of para-hydroxylation sites is 11. The number of fused-ring (bicyclic) bond motifs is 13. The van der Waals surface area contributed by atoms with Crippen molar-refractivity contribution >= 4 is 77.5 Å². The molecule has 9 nitrogen and oxygen atoms in total. The van der Waals surface area contributed by atoms with Gasteiger partial charge in [-0.25, -0.2) is 19.5 Å². The van der Waals surface area contributed by atoms with E-state index in [0.29, 0.717) is 11.8 Å². The fourth-order valence-corrected chi connectivity index (χ4v) is 8.97. The van der Waals surface area contributed by atoms with Crippen LogP contribution in [-0.4, -0.2) is 42.4 Å². The molecule has 0 spiro atoms. The lowest BCUT2D eigenvalue weighted by Gasteiger charge is -2.16. The molecule has 0 saturated heterocycles. The van der Waals surface area contributed by atoms with Gasteiger partial charge in [0.1, 0.15) is 5.82 Å². The highest BCUT2D eigenvalue weighted by Gasteiger charge is 2.24.